The third kappa shape index (κ3) is 4.93. The first-order chi connectivity index (χ1) is 14.6. The van der Waals surface area contributed by atoms with Crippen molar-refractivity contribution in [2.45, 2.75) is 12.3 Å². The summed E-state index contributed by atoms with van der Waals surface area (Å²) in [5, 5.41) is 4.13. The summed E-state index contributed by atoms with van der Waals surface area (Å²) in [4.78, 5) is 5.70. The number of benzene rings is 3. The number of nitrogens with one attached hydrogen (secondary N) is 1. The van der Waals surface area contributed by atoms with Crippen LogP contribution >= 0.6 is 11.3 Å². The van der Waals surface area contributed by atoms with Gasteiger partial charge in [0.05, 0.1) is 16.3 Å². The average molecular weight is 439 g/mol. The van der Waals surface area contributed by atoms with Crippen molar-refractivity contribution < 1.29 is 12.8 Å². The van der Waals surface area contributed by atoms with E-state index in [9.17, 15) is 12.8 Å². The van der Waals surface area contributed by atoms with Crippen molar-refractivity contribution in [3.05, 3.63) is 95.8 Å². The lowest BCUT2D eigenvalue weighted by atomic mass is 10.1. The van der Waals surface area contributed by atoms with Crippen molar-refractivity contribution in [1.29, 1.82) is 0 Å². The van der Waals surface area contributed by atoms with Crippen molar-refractivity contribution >= 4 is 27.2 Å². The van der Waals surface area contributed by atoms with Crippen LogP contribution in [0.25, 0.3) is 21.7 Å². The smallest absolute Gasteiger partial charge is 0.184 e. The lowest BCUT2D eigenvalue weighted by Gasteiger charge is -2.04. The molecule has 1 heterocycles. The Bertz CT molecular complexity index is 1190. The number of halogens is 1. The second-order valence-electron chi connectivity index (χ2n) is 6.73. The summed E-state index contributed by atoms with van der Waals surface area (Å²) in [5.74, 6) is -0.276. The summed E-state index contributed by atoms with van der Waals surface area (Å²) in [6.07, 6.45) is 0. The quantitative estimate of drug-likeness (QED) is 0.383. The SMILES string of the molecule is O=[SH](=O)Cc1ccc(-c2sc(NCc3ccccc3)nc2-c2ccc(F)cc2)cc1. The highest BCUT2D eigenvalue weighted by atomic mass is 32.2. The molecule has 1 aromatic heterocycles. The first-order valence-electron chi connectivity index (χ1n) is 9.34. The van der Waals surface area contributed by atoms with Crippen LogP contribution in [0.15, 0.2) is 78.9 Å². The second kappa shape index (κ2) is 9.19. The summed E-state index contributed by atoms with van der Waals surface area (Å²) in [6, 6.07) is 23.7. The number of thiol groups is 1. The van der Waals surface area contributed by atoms with Crippen LogP contribution in [0.3, 0.4) is 0 Å². The number of aromatic nitrogens is 1. The van der Waals surface area contributed by atoms with Gasteiger partial charge in [-0.05, 0) is 41.0 Å². The normalized spacial score (nSPS) is 11.0. The van der Waals surface area contributed by atoms with Gasteiger partial charge < -0.3 is 5.32 Å². The van der Waals surface area contributed by atoms with E-state index in [-0.39, 0.29) is 11.6 Å². The number of thiazole rings is 1. The molecule has 0 aliphatic heterocycles. The highest BCUT2D eigenvalue weighted by Gasteiger charge is 2.15. The van der Waals surface area contributed by atoms with Crippen molar-refractivity contribution in [3.8, 4) is 21.7 Å². The highest BCUT2D eigenvalue weighted by molar-refractivity contribution is 7.71. The van der Waals surface area contributed by atoms with Gasteiger partial charge in [0.2, 0.25) is 0 Å². The topological polar surface area (TPSA) is 59.1 Å². The molecule has 0 amide bonds. The zero-order chi connectivity index (χ0) is 20.9. The molecule has 152 valence electrons. The standard InChI is InChI=1S/C23H19FN2O2S2/c24-20-12-10-18(11-13-20)21-22(19-8-6-17(7-9-19)15-30(27)28)29-23(26-21)25-14-16-4-2-1-3-5-16/h1-13,30H,14-15H2,(H,25,26). The van der Waals surface area contributed by atoms with E-state index in [1.165, 1.54) is 23.5 Å². The van der Waals surface area contributed by atoms with E-state index in [0.29, 0.717) is 6.54 Å². The fourth-order valence-corrected chi connectivity index (χ4v) is 4.58. The van der Waals surface area contributed by atoms with Crippen molar-refractivity contribution in [2.24, 2.45) is 0 Å². The molecule has 4 aromatic rings. The molecule has 1 N–H and O–H groups in total. The van der Waals surface area contributed by atoms with Crippen molar-refractivity contribution in [2.75, 3.05) is 5.32 Å². The highest BCUT2D eigenvalue weighted by Crippen LogP contribution is 2.39. The lowest BCUT2D eigenvalue weighted by molar-refractivity contribution is 0.614. The Balaban J connectivity index is 1.68. The molecule has 0 radical (unpaired) electrons. The molecule has 0 unspecified atom stereocenters. The Labute approximate surface area is 180 Å². The van der Waals surface area contributed by atoms with Crippen molar-refractivity contribution in [3.63, 3.8) is 0 Å². The Hall–Kier alpha value is -3.03. The molecular weight excluding hydrogens is 419 g/mol. The zero-order valence-electron chi connectivity index (χ0n) is 15.9. The number of hydrogen-bond acceptors (Lipinski definition) is 5. The largest absolute Gasteiger partial charge is 0.357 e. The maximum Gasteiger partial charge on any atom is 0.184 e. The lowest BCUT2D eigenvalue weighted by Crippen LogP contribution is -1.98. The van der Waals surface area contributed by atoms with Gasteiger partial charge in [-0.2, -0.15) is 0 Å². The van der Waals surface area contributed by atoms with Gasteiger partial charge in [-0.1, -0.05) is 65.9 Å². The molecule has 0 aliphatic carbocycles. The number of rotatable bonds is 7. The molecule has 0 aliphatic rings. The molecule has 0 fully saturated rings. The molecule has 4 rings (SSSR count). The number of anilines is 1. The fraction of sp³-hybridized carbons (Fsp3) is 0.0870. The summed E-state index contributed by atoms with van der Waals surface area (Å²) < 4.78 is 35.4. The van der Waals surface area contributed by atoms with E-state index < -0.39 is 10.7 Å². The minimum Gasteiger partial charge on any atom is -0.357 e. The van der Waals surface area contributed by atoms with E-state index in [1.54, 1.807) is 12.1 Å². The average Bonchev–Trinajstić information content (AvgIpc) is 3.18. The van der Waals surface area contributed by atoms with Gasteiger partial charge >= 0.3 is 0 Å². The third-order valence-electron chi connectivity index (χ3n) is 4.56. The van der Waals surface area contributed by atoms with Gasteiger partial charge in [0.15, 0.2) is 5.13 Å². The maximum absolute atomic E-state index is 13.4. The van der Waals surface area contributed by atoms with Gasteiger partial charge in [-0.3, -0.25) is 0 Å². The summed E-state index contributed by atoms with van der Waals surface area (Å²) >= 11 is 1.52. The third-order valence-corrected chi connectivity index (χ3v) is 6.24. The molecule has 0 spiro atoms. The summed E-state index contributed by atoms with van der Waals surface area (Å²) in [6.45, 7) is 0.645. The van der Waals surface area contributed by atoms with Gasteiger partial charge in [-0.25, -0.2) is 17.8 Å². The molecule has 3 aromatic carbocycles. The van der Waals surface area contributed by atoms with Crippen LogP contribution in [0.4, 0.5) is 9.52 Å². The van der Waals surface area contributed by atoms with Crippen LogP contribution in [-0.4, -0.2) is 13.4 Å². The monoisotopic (exact) mass is 438 g/mol. The predicted octanol–water partition coefficient (Wildman–Crippen LogP) is 5.34. The molecule has 30 heavy (non-hydrogen) atoms. The molecule has 0 bridgehead atoms. The van der Waals surface area contributed by atoms with E-state index >= 15 is 0 Å². The summed E-state index contributed by atoms with van der Waals surface area (Å²) in [7, 11) is -2.46. The number of nitrogens with zero attached hydrogens (tertiary/aromatic N) is 1. The van der Waals surface area contributed by atoms with Crippen LogP contribution in [-0.2, 0) is 23.0 Å². The van der Waals surface area contributed by atoms with Crippen LogP contribution in [0, 0.1) is 5.82 Å². The van der Waals surface area contributed by atoms with Crippen LogP contribution in [0.5, 0.6) is 0 Å². The molecule has 4 nitrogen and oxygen atoms in total. The first kappa shape index (κ1) is 20.3. The predicted molar refractivity (Wildman–Crippen MR) is 121 cm³/mol. The van der Waals surface area contributed by atoms with E-state index in [2.05, 4.69) is 5.32 Å². The minimum atomic E-state index is -2.46. The minimum absolute atomic E-state index is 0.0208. The Kier molecular flexibility index (Phi) is 6.21. The number of hydrogen-bond donors (Lipinski definition) is 2. The van der Waals surface area contributed by atoms with Gasteiger partial charge in [-0.15, -0.1) is 0 Å². The van der Waals surface area contributed by atoms with Crippen LogP contribution < -0.4 is 5.32 Å². The molecule has 0 atom stereocenters. The Morgan fingerprint density at radius 2 is 1.50 bits per heavy atom. The van der Waals surface area contributed by atoms with Gasteiger partial charge in [0, 0.05) is 12.1 Å². The second-order valence-corrected chi connectivity index (χ2v) is 8.71. The zero-order valence-corrected chi connectivity index (χ0v) is 17.6. The summed E-state index contributed by atoms with van der Waals surface area (Å²) in [5.41, 5.74) is 4.41. The maximum atomic E-state index is 13.4. The van der Waals surface area contributed by atoms with E-state index in [4.69, 9.17) is 4.98 Å². The molecule has 0 saturated heterocycles. The van der Waals surface area contributed by atoms with E-state index in [1.807, 2.05) is 54.6 Å². The molecule has 0 saturated carbocycles. The molecule has 7 heteroatoms. The Morgan fingerprint density at radius 3 is 2.17 bits per heavy atom. The van der Waals surface area contributed by atoms with E-state index in [0.717, 1.165) is 38.0 Å². The Morgan fingerprint density at radius 1 is 0.833 bits per heavy atom. The van der Waals surface area contributed by atoms with Crippen LogP contribution in [0.1, 0.15) is 11.1 Å². The van der Waals surface area contributed by atoms with Gasteiger partial charge in [0.1, 0.15) is 16.5 Å². The fourth-order valence-electron chi connectivity index (χ4n) is 3.08. The van der Waals surface area contributed by atoms with Crippen LogP contribution in [0.2, 0.25) is 0 Å². The molecular formula is C23H19FN2O2S2. The van der Waals surface area contributed by atoms with Gasteiger partial charge in [0.25, 0.3) is 0 Å². The first-order valence-corrected chi connectivity index (χ1v) is 11.5. The van der Waals surface area contributed by atoms with Crippen molar-refractivity contribution in [1.82, 2.24) is 4.98 Å².